The van der Waals surface area contributed by atoms with Crippen LogP contribution in [0.4, 0.5) is 0 Å². The zero-order valence-electron chi connectivity index (χ0n) is 9.50. The normalized spacial score (nSPS) is 25.9. The molecule has 1 saturated heterocycles. The lowest BCUT2D eigenvalue weighted by atomic mass is 9.90. The molecule has 0 spiro atoms. The summed E-state index contributed by atoms with van der Waals surface area (Å²) >= 11 is 7.77. The Morgan fingerprint density at radius 2 is 2.44 bits per heavy atom. The van der Waals surface area contributed by atoms with Crippen LogP contribution in [0.25, 0.3) is 0 Å². The van der Waals surface area contributed by atoms with Crippen molar-refractivity contribution in [1.29, 1.82) is 0 Å². The van der Waals surface area contributed by atoms with E-state index in [0.717, 1.165) is 17.3 Å². The molecular formula is C12H18ClNOS. The van der Waals surface area contributed by atoms with E-state index in [0.29, 0.717) is 12.0 Å². The third-order valence-electron chi connectivity index (χ3n) is 3.19. The molecule has 1 aliphatic heterocycles. The van der Waals surface area contributed by atoms with Crippen molar-refractivity contribution in [3.63, 3.8) is 0 Å². The lowest BCUT2D eigenvalue weighted by molar-refractivity contribution is 0.298. The van der Waals surface area contributed by atoms with Gasteiger partial charge in [0.2, 0.25) is 0 Å². The molecule has 1 unspecified atom stereocenters. The van der Waals surface area contributed by atoms with Crippen molar-refractivity contribution in [3.05, 3.63) is 20.8 Å². The minimum absolute atomic E-state index is 0.209. The van der Waals surface area contributed by atoms with Gasteiger partial charge in [-0.3, -0.25) is 0 Å². The Hall–Kier alpha value is -0.0900. The molecule has 2 N–H and O–H groups in total. The largest absolute Gasteiger partial charge is 0.396 e. The summed E-state index contributed by atoms with van der Waals surface area (Å²) in [7, 11) is 0. The molecule has 1 fully saturated rings. The third-order valence-corrected chi connectivity index (χ3v) is 4.66. The van der Waals surface area contributed by atoms with Gasteiger partial charge in [0.1, 0.15) is 0 Å². The second-order valence-electron chi connectivity index (χ2n) is 4.49. The van der Waals surface area contributed by atoms with E-state index >= 15 is 0 Å². The van der Waals surface area contributed by atoms with Gasteiger partial charge in [0.15, 0.2) is 0 Å². The van der Waals surface area contributed by atoms with Crippen LogP contribution in [-0.4, -0.2) is 24.3 Å². The third kappa shape index (κ3) is 2.77. The van der Waals surface area contributed by atoms with Crippen LogP contribution in [0.5, 0.6) is 0 Å². The molecule has 2 atom stereocenters. The average Bonchev–Trinajstić information content (AvgIpc) is 2.60. The van der Waals surface area contributed by atoms with Gasteiger partial charge < -0.3 is 10.4 Å². The Labute approximate surface area is 106 Å². The minimum Gasteiger partial charge on any atom is -0.396 e. The molecule has 0 aliphatic carbocycles. The summed E-state index contributed by atoms with van der Waals surface area (Å²) in [5.41, 5.74) is 1.25. The first-order chi connectivity index (χ1) is 7.70. The number of hydrogen-bond acceptors (Lipinski definition) is 3. The number of aliphatic hydroxyl groups excluding tert-OH is 1. The number of rotatable bonds is 3. The molecule has 2 heterocycles. The number of hydrogen-bond donors (Lipinski definition) is 2. The molecule has 1 aromatic heterocycles. The van der Waals surface area contributed by atoms with Crippen LogP contribution in [0.3, 0.4) is 0 Å². The van der Waals surface area contributed by atoms with Gasteiger partial charge in [0, 0.05) is 17.5 Å². The van der Waals surface area contributed by atoms with Crippen molar-refractivity contribution in [1.82, 2.24) is 5.32 Å². The van der Waals surface area contributed by atoms with Gasteiger partial charge in [-0.25, -0.2) is 0 Å². The second kappa shape index (κ2) is 5.50. The van der Waals surface area contributed by atoms with Crippen molar-refractivity contribution >= 4 is 22.9 Å². The molecule has 4 heteroatoms. The van der Waals surface area contributed by atoms with Gasteiger partial charge in [-0.2, -0.15) is 0 Å². The number of thiophene rings is 1. The first-order valence-electron chi connectivity index (χ1n) is 5.83. The average molecular weight is 260 g/mol. The Bertz CT molecular complexity index is 353. The molecule has 2 rings (SSSR count). The van der Waals surface area contributed by atoms with Crippen molar-refractivity contribution in [2.45, 2.75) is 38.1 Å². The van der Waals surface area contributed by atoms with Gasteiger partial charge >= 0.3 is 0 Å². The van der Waals surface area contributed by atoms with Crippen LogP contribution >= 0.6 is 22.9 Å². The molecule has 90 valence electrons. The molecule has 0 saturated carbocycles. The Kier molecular flexibility index (Phi) is 4.25. The fourth-order valence-electron chi connectivity index (χ4n) is 2.44. The maximum Gasteiger partial charge on any atom is 0.0934 e. The molecule has 1 aromatic rings. The Morgan fingerprint density at radius 1 is 1.62 bits per heavy atom. The molecule has 0 bridgehead atoms. The summed E-state index contributed by atoms with van der Waals surface area (Å²) < 4.78 is 0.852. The molecule has 0 aromatic carbocycles. The highest BCUT2D eigenvalue weighted by Crippen LogP contribution is 2.38. The van der Waals surface area contributed by atoms with E-state index in [9.17, 15) is 0 Å². The Morgan fingerprint density at radius 3 is 3.12 bits per heavy atom. The fraction of sp³-hybridized carbons (Fsp3) is 0.667. The van der Waals surface area contributed by atoms with E-state index in [1.54, 1.807) is 11.3 Å². The zero-order valence-corrected chi connectivity index (χ0v) is 11.1. The molecule has 2 nitrogen and oxygen atoms in total. The zero-order chi connectivity index (χ0) is 11.5. The van der Waals surface area contributed by atoms with Crippen molar-refractivity contribution in [2.75, 3.05) is 13.2 Å². The molecule has 0 amide bonds. The first kappa shape index (κ1) is 12.4. The predicted molar refractivity (Wildman–Crippen MR) is 69.6 cm³/mol. The van der Waals surface area contributed by atoms with Crippen LogP contribution in [0.15, 0.2) is 6.07 Å². The number of nitrogens with one attached hydrogen (secondary N) is 1. The fourth-order valence-corrected chi connectivity index (χ4v) is 3.90. The van der Waals surface area contributed by atoms with E-state index < -0.39 is 0 Å². The standard InChI is InChI=1S/C12H18ClNOS/c1-8-6-9(2-4-14-8)12-10(3-5-15)7-11(13)16-12/h7-9,14-15H,2-6H2,1H3/t8-,9?/m0/s1. The van der Waals surface area contributed by atoms with Gasteiger partial charge in [0.05, 0.1) is 4.34 Å². The van der Waals surface area contributed by atoms with Gasteiger partial charge in [-0.1, -0.05) is 11.6 Å². The van der Waals surface area contributed by atoms with Crippen LogP contribution < -0.4 is 5.32 Å². The van der Waals surface area contributed by atoms with E-state index in [1.807, 2.05) is 6.07 Å². The topological polar surface area (TPSA) is 32.3 Å². The number of piperidine rings is 1. The van der Waals surface area contributed by atoms with Gasteiger partial charge in [-0.05, 0) is 50.3 Å². The number of aliphatic hydroxyl groups is 1. The number of halogens is 1. The van der Waals surface area contributed by atoms with E-state index in [-0.39, 0.29) is 6.61 Å². The summed E-state index contributed by atoms with van der Waals surface area (Å²) in [5.74, 6) is 0.621. The summed E-state index contributed by atoms with van der Waals surface area (Å²) in [6, 6.07) is 2.60. The van der Waals surface area contributed by atoms with Gasteiger partial charge in [0.25, 0.3) is 0 Å². The molecular weight excluding hydrogens is 242 g/mol. The molecule has 16 heavy (non-hydrogen) atoms. The van der Waals surface area contributed by atoms with E-state index in [4.69, 9.17) is 16.7 Å². The highest BCUT2D eigenvalue weighted by atomic mass is 35.5. The quantitative estimate of drug-likeness (QED) is 0.875. The summed E-state index contributed by atoms with van der Waals surface area (Å²) in [6.07, 6.45) is 3.09. The highest BCUT2D eigenvalue weighted by molar-refractivity contribution is 7.16. The summed E-state index contributed by atoms with van der Waals surface area (Å²) in [5, 5.41) is 12.5. The second-order valence-corrected chi connectivity index (χ2v) is 6.21. The van der Waals surface area contributed by atoms with Gasteiger partial charge in [-0.15, -0.1) is 11.3 Å². The smallest absolute Gasteiger partial charge is 0.0934 e. The van der Waals surface area contributed by atoms with Crippen LogP contribution in [0.1, 0.15) is 36.1 Å². The van der Waals surface area contributed by atoms with Crippen LogP contribution in [0.2, 0.25) is 4.34 Å². The van der Waals surface area contributed by atoms with Crippen LogP contribution in [0, 0.1) is 0 Å². The van der Waals surface area contributed by atoms with E-state index in [1.165, 1.54) is 23.3 Å². The van der Waals surface area contributed by atoms with Crippen LogP contribution in [-0.2, 0) is 6.42 Å². The first-order valence-corrected chi connectivity index (χ1v) is 7.02. The molecule has 1 aliphatic rings. The van der Waals surface area contributed by atoms with Crippen molar-refractivity contribution < 1.29 is 5.11 Å². The maximum atomic E-state index is 9.05. The monoisotopic (exact) mass is 259 g/mol. The predicted octanol–water partition coefficient (Wildman–Crippen LogP) is 2.79. The van der Waals surface area contributed by atoms with Crippen molar-refractivity contribution in [3.8, 4) is 0 Å². The lowest BCUT2D eigenvalue weighted by Crippen LogP contribution is -2.34. The SMILES string of the molecule is C[C@H]1CC(c2sc(Cl)cc2CCO)CCN1. The summed E-state index contributed by atoms with van der Waals surface area (Å²) in [6.45, 7) is 3.52. The van der Waals surface area contributed by atoms with E-state index in [2.05, 4.69) is 12.2 Å². The maximum absolute atomic E-state index is 9.05. The molecule has 0 radical (unpaired) electrons. The highest BCUT2D eigenvalue weighted by Gasteiger charge is 2.23. The lowest BCUT2D eigenvalue weighted by Gasteiger charge is -2.28. The summed E-state index contributed by atoms with van der Waals surface area (Å²) in [4.78, 5) is 1.40. The van der Waals surface area contributed by atoms with Crippen molar-refractivity contribution in [2.24, 2.45) is 0 Å². The Balaban J connectivity index is 2.17. The minimum atomic E-state index is 0.209.